The molecular weight excluding hydrogens is 644 g/mol. The van der Waals surface area contributed by atoms with Crippen molar-refractivity contribution in [2.24, 2.45) is 17.8 Å². The van der Waals surface area contributed by atoms with Gasteiger partial charge in [-0.25, -0.2) is 0 Å². The van der Waals surface area contributed by atoms with E-state index in [9.17, 15) is 10.1 Å². The number of carbonyl (C=O) groups excluding carboxylic acids is 1. The standard InChI is InChI=1S/C31H54BrClN6O3.C2H6/c1-5-41-28-15-24-22(14-25(28)38-30(40)7-6-12-39(3)4)31(20(16-34)17-35-24)36-21-9-10-27(23(33)13-21)42-18-26-19(2)8-11-29(32)37-26;1-2/h19-29,31,35-37H,5-15,17-18H2,1-4H3,(H,38,40);1-2H3. The van der Waals surface area contributed by atoms with E-state index in [1.807, 2.05) is 34.9 Å². The summed E-state index contributed by atoms with van der Waals surface area (Å²) in [5.41, 5.74) is 0. The quantitative estimate of drug-likeness (QED) is 0.175. The van der Waals surface area contributed by atoms with Crippen LogP contribution in [0.3, 0.4) is 0 Å². The summed E-state index contributed by atoms with van der Waals surface area (Å²) in [4.78, 5) is 15.3. The third-order valence-electron chi connectivity index (χ3n) is 9.96. The Balaban J connectivity index is 0.00000259. The van der Waals surface area contributed by atoms with Crippen LogP contribution in [0.4, 0.5) is 0 Å². The minimum absolute atomic E-state index is 0.0261. The molecule has 0 aromatic carbocycles. The first-order chi connectivity index (χ1) is 21.2. The van der Waals surface area contributed by atoms with Crippen molar-refractivity contribution in [1.82, 2.24) is 26.2 Å². The lowest BCUT2D eigenvalue weighted by atomic mass is 9.69. The predicted molar refractivity (Wildman–Crippen MR) is 182 cm³/mol. The van der Waals surface area contributed by atoms with Gasteiger partial charge in [0.25, 0.3) is 0 Å². The molecule has 4 N–H and O–H groups in total. The van der Waals surface area contributed by atoms with Gasteiger partial charge in [0.2, 0.25) is 5.91 Å². The molecule has 9 nitrogen and oxygen atoms in total. The Kier molecular flexibility index (Phi) is 16.7. The molecule has 12 unspecified atom stereocenters. The number of piperidine rings is 2. The Labute approximate surface area is 280 Å². The Morgan fingerprint density at radius 3 is 2.57 bits per heavy atom. The zero-order valence-electron chi connectivity index (χ0n) is 28.0. The van der Waals surface area contributed by atoms with Crippen LogP contribution in [0.1, 0.15) is 85.5 Å². The highest BCUT2D eigenvalue weighted by Crippen LogP contribution is 2.37. The van der Waals surface area contributed by atoms with Crippen LogP contribution < -0.4 is 21.3 Å². The maximum Gasteiger partial charge on any atom is 0.220 e. The summed E-state index contributed by atoms with van der Waals surface area (Å²) in [5.74, 6) is 0.768. The number of nitriles is 1. The van der Waals surface area contributed by atoms with Crippen molar-refractivity contribution in [1.29, 1.82) is 5.26 Å². The van der Waals surface area contributed by atoms with Gasteiger partial charge in [0.05, 0.1) is 47.2 Å². The molecule has 2 saturated heterocycles. The molecule has 2 saturated carbocycles. The molecule has 0 aromatic rings. The van der Waals surface area contributed by atoms with Gasteiger partial charge in [0.1, 0.15) is 0 Å². The molecule has 2 heterocycles. The molecule has 0 radical (unpaired) electrons. The molecule has 0 aromatic heterocycles. The Morgan fingerprint density at radius 1 is 1.11 bits per heavy atom. The predicted octanol–water partition coefficient (Wildman–Crippen LogP) is 4.38. The van der Waals surface area contributed by atoms with E-state index in [0.717, 1.165) is 51.5 Å². The molecule has 1 amide bonds. The summed E-state index contributed by atoms with van der Waals surface area (Å²) in [6.45, 7) is 11.2. The fraction of sp³-hybridized carbons (Fsp3) is 0.939. The number of fused-ring (bicyclic) bond motifs is 1. The highest BCUT2D eigenvalue weighted by atomic mass is 79.9. The van der Waals surface area contributed by atoms with Crippen molar-refractivity contribution in [3.63, 3.8) is 0 Å². The van der Waals surface area contributed by atoms with Crippen LogP contribution in [0.5, 0.6) is 0 Å². The lowest BCUT2D eigenvalue weighted by Crippen LogP contribution is -2.66. The molecule has 4 rings (SSSR count). The number of halogens is 2. The van der Waals surface area contributed by atoms with E-state index in [2.05, 4.69) is 55.1 Å². The van der Waals surface area contributed by atoms with Gasteiger partial charge in [-0.05, 0) is 90.8 Å². The lowest BCUT2D eigenvalue weighted by molar-refractivity contribution is -0.124. The van der Waals surface area contributed by atoms with Crippen LogP contribution >= 0.6 is 27.5 Å². The number of alkyl halides is 2. The highest BCUT2D eigenvalue weighted by Gasteiger charge is 2.47. The van der Waals surface area contributed by atoms with Crippen molar-refractivity contribution in [3.05, 3.63) is 0 Å². The summed E-state index contributed by atoms with van der Waals surface area (Å²) in [7, 11) is 4.05. The molecule has 12 atom stereocenters. The Morgan fingerprint density at radius 2 is 1.89 bits per heavy atom. The molecule has 11 heteroatoms. The van der Waals surface area contributed by atoms with E-state index in [1.54, 1.807) is 0 Å². The van der Waals surface area contributed by atoms with Gasteiger partial charge in [-0.1, -0.05) is 36.7 Å². The first-order valence-corrected chi connectivity index (χ1v) is 18.6. The third-order valence-corrected chi connectivity index (χ3v) is 11.1. The maximum atomic E-state index is 12.9. The number of ether oxygens (including phenoxy) is 2. The zero-order valence-corrected chi connectivity index (χ0v) is 30.3. The van der Waals surface area contributed by atoms with Crippen LogP contribution in [0.15, 0.2) is 0 Å². The van der Waals surface area contributed by atoms with Crippen molar-refractivity contribution in [3.8, 4) is 6.07 Å². The Hall–Kier alpha value is -0.510. The first-order valence-electron chi connectivity index (χ1n) is 17.3. The summed E-state index contributed by atoms with van der Waals surface area (Å²) >= 11 is 10.6. The number of rotatable bonds is 12. The van der Waals surface area contributed by atoms with Crippen molar-refractivity contribution in [2.75, 3.05) is 40.4 Å². The summed E-state index contributed by atoms with van der Waals surface area (Å²) in [6, 6.07) is 3.41. The van der Waals surface area contributed by atoms with Crippen LogP contribution in [0.2, 0.25) is 0 Å². The van der Waals surface area contributed by atoms with Crippen LogP contribution in [-0.4, -0.2) is 104 Å². The van der Waals surface area contributed by atoms with Crippen molar-refractivity contribution >= 4 is 33.4 Å². The Bertz CT molecular complexity index is 896. The number of carbonyl (C=O) groups is 1. The maximum absolute atomic E-state index is 12.9. The number of amides is 1. The largest absolute Gasteiger partial charge is 0.376 e. The van der Waals surface area contributed by atoms with Crippen LogP contribution in [0.25, 0.3) is 0 Å². The molecular formula is C33H60BrClN6O3. The molecule has 44 heavy (non-hydrogen) atoms. The molecule has 4 fully saturated rings. The second kappa shape index (κ2) is 19.3. The first kappa shape index (κ1) is 37.9. The lowest BCUT2D eigenvalue weighted by Gasteiger charge is -2.50. The minimum Gasteiger partial charge on any atom is -0.376 e. The minimum atomic E-state index is -0.134. The average Bonchev–Trinajstić information content (AvgIpc) is 3.00. The van der Waals surface area contributed by atoms with Gasteiger partial charge >= 0.3 is 0 Å². The van der Waals surface area contributed by atoms with Gasteiger partial charge in [-0.3, -0.25) is 10.1 Å². The van der Waals surface area contributed by atoms with Gasteiger partial charge in [0, 0.05) is 43.7 Å². The molecule has 2 aliphatic carbocycles. The molecule has 2 aliphatic heterocycles. The number of hydrogen-bond donors (Lipinski definition) is 4. The normalized spacial score (nSPS) is 39.0. The molecule has 4 aliphatic rings. The number of nitrogens with zero attached hydrogens (tertiary/aromatic N) is 2. The summed E-state index contributed by atoms with van der Waals surface area (Å²) in [5, 5.41) is 24.6. The molecule has 0 bridgehead atoms. The van der Waals surface area contributed by atoms with E-state index in [0.29, 0.717) is 43.1 Å². The van der Waals surface area contributed by atoms with Crippen molar-refractivity contribution in [2.45, 2.75) is 138 Å². The number of nitrogens with one attached hydrogen (secondary N) is 4. The van der Waals surface area contributed by atoms with E-state index < -0.39 is 0 Å². The van der Waals surface area contributed by atoms with Crippen LogP contribution in [-0.2, 0) is 14.3 Å². The average molecular weight is 704 g/mol. The molecule has 254 valence electrons. The second-order valence-corrected chi connectivity index (χ2v) is 15.0. The van der Waals surface area contributed by atoms with Gasteiger partial charge < -0.3 is 30.3 Å². The van der Waals surface area contributed by atoms with Gasteiger partial charge in [-0.15, -0.1) is 11.6 Å². The smallest absolute Gasteiger partial charge is 0.220 e. The SMILES string of the molecule is CC.CCOC1CC2NCC(C#N)C(NC3CCC(OCC4NC(Br)CCC4C)C(Cl)C3)C2CC1NC(=O)CCCN(C)C. The molecule has 0 spiro atoms. The van der Waals surface area contributed by atoms with Gasteiger partial charge in [-0.2, -0.15) is 5.26 Å². The van der Waals surface area contributed by atoms with E-state index >= 15 is 0 Å². The third kappa shape index (κ3) is 11.0. The van der Waals surface area contributed by atoms with Crippen molar-refractivity contribution < 1.29 is 14.3 Å². The van der Waals surface area contributed by atoms with E-state index in [1.165, 1.54) is 6.42 Å². The highest BCUT2D eigenvalue weighted by molar-refractivity contribution is 9.09. The topological polar surface area (TPSA) is 111 Å². The summed E-state index contributed by atoms with van der Waals surface area (Å²) < 4.78 is 12.5. The summed E-state index contributed by atoms with van der Waals surface area (Å²) in [6.07, 6.45) is 8.06. The fourth-order valence-electron chi connectivity index (χ4n) is 7.51. The van der Waals surface area contributed by atoms with Gasteiger partial charge in [0.15, 0.2) is 0 Å². The zero-order chi connectivity index (χ0) is 32.2. The monoisotopic (exact) mass is 702 g/mol. The fourth-order valence-corrected chi connectivity index (χ4v) is 8.53. The van der Waals surface area contributed by atoms with E-state index in [4.69, 9.17) is 21.1 Å². The van der Waals surface area contributed by atoms with E-state index in [-0.39, 0.29) is 59.5 Å². The van der Waals surface area contributed by atoms with Crippen LogP contribution in [0, 0.1) is 29.1 Å². The second-order valence-electron chi connectivity index (χ2n) is 13.3. The number of hydrogen-bond acceptors (Lipinski definition) is 8.